The smallest absolute Gasteiger partial charge is 0.0519 e. The molecular weight excluding hydrogens is 136 g/mol. The van der Waals surface area contributed by atoms with E-state index in [1.165, 1.54) is 19.3 Å². The van der Waals surface area contributed by atoms with E-state index in [0.29, 0.717) is 0 Å². The minimum Gasteiger partial charge on any atom is -0.395 e. The van der Waals surface area contributed by atoms with Gasteiger partial charge in [-0.2, -0.15) is 0 Å². The van der Waals surface area contributed by atoms with Crippen LogP contribution in [0.2, 0.25) is 0 Å². The van der Waals surface area contributed by atoms with Crippen molar-refractivity contribution in [3.05, 3.63) is 12.7 Å². The maximum atomic E-state index is 9.01. The van der Waals surface area contributed by atoms with Crippen molar-refractivity contribution in [1.29, 1.82) is 0 Å². The van der Waals surface area contributed by atoms with Gasteiger partial charge in [-0.15, -0.1) is 6.58 Å². The third-order valence-electron chi connectivity index (χ3n) is 2.21. The third-order valence-corrected chi connectivity index (χ3v) is 2.21. The molecule has 0 aromatic carbocycles. The average molecular weight is 156 g/mol. The fourth-order valence-electron chi connectivity index (χ4n) is 1.02. The van der Waals surface area contributed by atoms with Gasteiger partial charge in [0.25, 0.3) is 0 Å². The number of aliphatic hydroxyl groups is 1. The van der Waals surface area contributed by atoms with Gasteiger partial charge in [0.05, 0.1) is 6.61 Å². The maximum absolute atomic E-state index is 9.01. The van der Waals surface area contributed by atoms with E-state index >= 15 is 0 Å². The molecule has 1 atom stereocenters. The van der Waals surface area contributed by atoms with Crippen LogP contribution in [-0.2, 0) is 0 Å². The van der Waals surface area contributed by atoms with Crippen LogP contribution in [0.5, 0.6) is 0 Å². The van der Waals surface area contributed by atoms with Gasteiger partial charge in [0.15, 0.2) is 0 Å². The van der Waals surface area contributed by atoms with Gasteiger partial charge in [-0.05, 0) is 6.42 Å². The summed E-state index contributed by atoms with van der Waals surface area (Å²) in [7, 11) is 0. The van der Waals surface area contributed by atoms with Crippen molar-refractivity contribution in [3.8, 4) is 0 Å². The molecule has 0 radical (unpaired) electrons. The van der Waals surface area contributed by atoms with Crippen molar-refractivity contribution < 1.29 is 5.11 Å². The minimum absolute atomic E-state index is 0.0465. The Bertz CT molecular complexity index is 109. The number of hydrogen-bond acceptors (Lipinski definition) is 1. The molecule has 0 heterocycles. The molecule has 1 heteroatoms. The van der Waals surface area contributed by atoms with Crippen LogP contribution in [0, 0.1) is 5.41 Å². The van der Waals surface area contributed by atoms with E-state index < -0.39 is 0 Å². The normalized spacial score (nSPS) is 15.9. The number of aliphatic hydroxyl groups excluding tert-OH is 1. The van der Waals surface area contributed by atoms with Crippen molar-refractivity contribution in [3.63, 3.8) is 0 Å². The van der Waals surface area contributed by atoms with Gasteiger partial charge in [0, 0.05) is 5.41 Å². The summed E-state index contributed by atoms with van der Waals surface area (Å²) in [5.41, 5.74) is -0.0465. The molecule has 1 N–H and O–H groups in total. The van der Waals surface area contributed by atoms with E-state index in [0.717, 1.165) is 6.42 Å². The van der Waals surface area contributed by atoms with Crippen molar-refractivity contribution in [1.82, 2.24) is 0 Å². The van der Waals surface area contributed by atoms with Crippen LogP contribution in [0.4, 0.5) is 0 Å². The summed E-state index contributed by atoms with van der Waals surface area (Å²) >= 11 is 0. The predicted octanol–water partition coefficient (Wildman–Crippen LogP) is 2.75. The van der Waals surface area contributed by atoms with E-state index in [2.05, 4.69) is 20.4 Å². The highest BCUT2D eigenvalue weighted by molar-refractivity contribution is 4.90. The molecule has 0 bridgehead atoms. The molecule has 0 aliphatic carbocycles. The molecule has 66 valence electrons. The van der Waals surface area contributed by atoms with Crippen molar-refractivity contribution in [2.24, 2.45) is 5.41 Å². The van der Waals surface area contributed by atoms with Crippen molar-refractivity contribution >= 4 is 0 Å². The van der Waals surface area contributed by atoms with Gasteiger partial charge < -0.3 is 5.11 Å². The van der Waals surface area contributed by atoms with Crippen LogP contribution >= 0.6 is 0 Å². The topological polar surface area (TPSA) is 20.2 Å². The second-order valence-corrected chi connectivity index (χ2v) is 3.47. The van der Waals surface area contributed by atoms with Gasteiger partial charge >= 0.3 is 0 Å². The van der Waals surface area contributed by atoms with E-state index in [1.54, 1.807) is 0 Å². The van der Waals surface area contributed by atoms with Gasteiger partial charge in [0.1, 0.15) is 0 Å². The molecule has 1 unspecified atom stereocenters. The lowest BCUT2D eigenvalue weighted by Gasteiger charge is -2.22. The molecular formula is C10H20O. The summed E-state index contributed by atoms with van der Waals surface area (Å²) in [5.74, 6) is 0. The predicted molar refractivity (Wildman–Crippen MR) is 49.5 cm³/mol. The van der Waals surface area contributed by atoms with E-state index in [4.69, 9.17) is 5.11 Å². The minimum atomic E-state index is -0.0465. The summed E-state index contributed by atoms with van der Waals surface area (Å²) in [4.78, 5) is 0. The number of rotatable bonds is 6. The zero-order valence-corrected chi connectivity index (χ0v) is 7.77. The van der Waals surface area contributed by atoms with Crippen LogP contribution in [0.1, 0.15) is 39.5 Å². The van der Waals surface area contributed by atoms with Crippen LogP contribution in [0.25, 0.3) is 0 Å². The number of hydrogen-bond donors (Lipinski definition) is 1. The first kappa shape index (κ1) is 10.7. The highest BCUT2D eigenvalue weighted by Crippen LogP contribution is 2.24. The van der Waals surface area contributed by atoms with Crippen molar-refractivity contribution in [2.45, 2.75) is 39.5 Å². The third kappa shape index (κ3) is 4.20. The molecule has 0 aliphatic heterocycles. The van der Waals surface area contributed by atoms with Crippen LogP contribution < -0.4 is 0 Å². The Labute approximate surface area is 70.1 Å². The second kappa shape index (κ2) is 5.36. The molecule has 0 aromatic rings. The summed E-state index contributed by atoms with van der Waals surface area (Å²) in [6.45, 7) is 8.18. The molecule has 0 aliphatic rings. The van der Waals surface area contributed by atoms with E-state index in [-0.39, 0.29) is 12.0 Å². The summed E-state index contributed by atoms with van der Waals surface area (Å²) in [6.07, 6.45) is 6.60. The Morgan fingerprint density at radius 1 is 1.45 bits per heavy atom. The Morgan fingerprint density at radius 2 is 2.09 bits per heavy atom. The summed E-state index contributed by atoms with van der Waals surface area (Å²) in [5, 5.41) is 9.01. The zero-order chi connectivity index (χ0) is 8.74. The number of unbranched alkanes of at least 4 members (excludes halogenated alkanes) is 2. The first-order chi connectivity index (χ1) is 5.18. The van der Waals surface area contributed by atoms with Gasteiger partial charge in [-0.3, -0.25) is 0 Å². The van der Waals surface area contributed by atoms with Crippen LogP contribution in [-0.4, -0.2) is 11.7 Å². The maximum Gasteiger partial charge on any atom is 0.0519 e. The largest absolute Gasteiger partial charge is 0.395 e. The lowest BCUT2D eigenvalue weighted by atomic mass is 9.86. The molecule has 0 rings (SSSR count). The molecule has 0 aromatic heterocycles. The van der Waals surface area contributed by atoms with Crippen LogP contribution in [0.3, 0.4) is 0 Å². The van der Waals surface area contributed by atoms with E-state index in [1.807, 2.05) is 6.08 Å². The fraction of sp³-hybridized carbons (Fsp3) is 0.800. The quantitative estimate of drug-likeness (QED) is 0.463. The fourth-order valence-corrected chi connectivity index (χ4v) is 1.02. The first-order valence-corrected chi connectivity index (χ1v) is 4.43. The highest BCUT2D eigenvalue weighted by Gasteiger charge is 2.17. The molecule has 0 saturated heterocycles. The highest BCUT2D eigenvalue weighted by atomic mass is 16.3. The molecule has 1 nitrogen and oxygen atoms in total. The Morgan fingerprint density at radius 3 is 2.45 bits per heavy atom. The van der Waals surface area contributed by atoms with Crippen LogP contribution in [0.15, 0.2) is 12.7 Å². The standard InChI is InChI=1S/C10H20O/c1-4-6-7-8-10(3,5-2)9-11/h5,11H,2,4,6-9H2,1,3H3. The lowest BCUT2D eigenvalue weighted by molar-refractivity contribution is 0.172. The summed E-state index contributed by atoms with van der Waals surface area (Å²) < 4.78 is 0. The average Bonchev–Trinajstić information content (AvgIpc) is 2.05. The Balaban J connectivity index is 3.60. The molecule has 0 spiro atoms. The first-order valence-electron chi connectivity index (χ1n) is 4.43. The molecule has 11 heavy (non-hydrogen) atoms. The molecule has 0 saturated carbocycles. The molecule has 0 fully saturated rings. The zero-order valence-electron chi connectivity index (χ0n) is 7.77. The van der Waals surface area contributed by atoms with E-state index in [9.17, 15) is 0 Å². The summed E-state index contributed by atoms with van der Waals surface area (Å²) in [6, 6.07) is 0. The Kier molecular flexibility index (Phi) is 5.22. The van der Waals surface area contributed by atoms with Gasteiger partial charge in [-0.25, -0.2) is 0 Å². The van der Waals surface area contributed by atoms with Crippen molar-refractivity contribution in [2.75, 3.05) is 6.61 Å². The van der Waals surface area contributed by atoms with Gasteiger partial charge in [-0.1, -0.05) is 39.2 Å². The lowest BCUT2D eigenvalue weighted by Crippen LogP contribution is -2.17. The SMILES string of the molecule is C=CC(C)(CO)CCCCC. The second-order valence-electron chi connectivity index (χ2n) is 3.47. The van der Waals surface area contributed by atoms with Gasteiger partial charge in [0.2, 0.25) is 0 Å². The molecule has 0 amide bonds. The Hall–Kier alpha value is -0.300. The monoisotopic (exact) mass is 156 g/mol.